The van der Waals surface area contributed by atoms with E-state index >= 15 is 0 Å². The molecule has 0 aliphatic carbocycles. The summed E-state index contributed by atoms with van der Waals surface area (Å²) < 4.78 is 11.5. The predicted molar refractivity (Wildman–Crippen MR) is 112 cm³/mol. The summed E-state index contributed by atoms with van der Waals surface area (Å²) in [6.45, 7) is 3.75. The molecule has 0 bridgehead atoms. The molecule has 4 rings (SSSR count). The van der Waals surface area contributed by atoms with Crippen LogP contribution in [-0.4, -0.2) is 38.7 Å². The minimum absolute atomic E-state index is 0.0534. The van der Waals surface area contributed by atoms with E-state index in [0.29, 0.717) is 23.2 Å². The fraction of sp³-hybridized carbons (Fsp3) is 0.182. The number of carbonyl (C=O) groups excluding carboxylic acids is 1. The van der Waals surface area contributed by atoms with Crippen LogP contribution >= 0.6 is 0 Å². The van der Waals surface area contributed by atoms with Crippen LogP contribution in [0.1, 0.15) is 13.8 Å². The normalized spacial score (nSPS) is 10.9. The zero-order valence-corrected chi connectivity index (χ0v) is 16.6. The summed E-state index contributed by atoms with van der Waals surface area (Å²) in [6.07, 6.45) is 3.37. The summed E-state index contributed by atoms with van der Waals surface area (Å²) >= 11 is 0. The Bertz CT molecular complexity index is 1170. The number of carbonyl (C=O) groups is 1. The molecular formula is C22H21N5O3. The summed E-state index contributed by atoms with van der Waals surface area (Å²) in [5.41, 5.74) is 1.69. The minimum Gasteiger partial charge on any atom is -0.484 e. The van der Waals surface area contributed by atoms with E-state index in [4.69, 9.17) is 9.47 Å². The fourth-order valence-corrected chi connectivity index (χ4v) is 2.88. The number of ether oxygens (including phenoxy) is 2. The van der Waals surface area contributed by atoms with Crippen LogP contribution in [0.3, 0.4) is 0 Å². The maximum atomic E-state index is 11.8. The number of benzene rings is 2. The molecule has 0 saturated heterocycles. The van der Waals surface area contributed by atoms with Gasteiger partial charge in [-0.15, -0.1) is 0 Å². The number of hydrogen-bond acceptors (Lipinski definition) is 6. The first-order valence-corrected chi connectivity index (χ1v) is 9.53. The highest BCUT2D eigenvalue weighted by Gasteiger charge is 2.09. The number of H-pyrrole nitrogens is 1. The minimum atomic E-state index is -0.170. The third kappa shape index (κ3) is 4.72. The van der Waals surface area contributed by atoms with Gasteiger partial charge in [0.25, 0.3) is 5.91 Å². The highest BCUT2D eigenvalue weighted by atomic mass is 16.5. The lowest BCUT2D eigenvalue weighted by molar-refractivity contribution is -0.123. The van der Waals surface area contributed by atoms with Crippen molar-refractivity contribution in [1.82, 2.24) is 25.5 Å². The van der Waals surface area contributed by atoms with Gasteiger partial charge in [-0.2, -0.15) is 10.1 Å². The Balaban J connectivity index is 1.48. The molecule has 152 valence electrons. The Kier molecular flexibility index (Phi) is 5.56. The number of nitrogens with one attached hydrogen (secondary N) is 2. The van der Waals surface area contributed by atoms with Crippen molar-refractivity contribution in [3.8, 4) is 28.8 Å². The van der Waals surface area contributed by atoms with E-state index in [1.807, 2.05) is 44.2 Å². The van der Waals surface area contributed by atoms with Crippen molar-refractivity contribution in [2.24, 2.45) is 0 Å². The van der Waals surface area contributed by atoms with Crippen LogP contribution in [-0.2, 0) is 4.79 Å². The second-order valence-electron chi connectivity index (χ2n) is 6.98. The second-order valence-corrected chi connectivity index (χ2v) is 6.98. The molecule has 30 heavy (non-hydrogen) atoms. The number of nitrogens with zero attached hydrogens (tertiary/aromatic N) is 3. The second kappa shape index (κ2) is 8.60. The lowest BCUT2D eigenvalue weighted by Gasteiger charge is -2.10. The van der Waals surface area contributed by atoms with Gasteiger partial charge in [-0.05, 0) is 44.2 Å². The molecule has 8 nitrogen and oxygen atoms in total. The van der Waals surface area contributed by atoms with Gasteiger partial charge in [0, 0.05) is 29.3 Å². The average Bonchev–Trinajstić information content (AvgIpc) is 3.20. The molecular weight excluding hydrogens is 382 g/mol. The Hall–Kier alpha value is -3.94. The van der Waals surface area contributed by atoms with E-state index in [1.54, 1.807) is 30.6 Å². The number of amides is 1. The van der Waals surface area contributed by atoms with E-state index < -0.39 is 0 Å². The molecule has 0 unspecified atom stereocenters. The molecule has 0 atom stereocenters. The van der Waals surface area contributed by atoms with Crippen molar-refractivity contribution in [2.75, 3.05) is 6.61 Å². The Morgan fingerprint density at radius 2 is 2.03 bits per heavy atom. The molecule has 2 N–H and O–H groups in total. The van der Waals surface area contributed by atoms with Gasteiger partial charge in [-0.3, -0.25) is 9.89 Å². The van der Waals surface area contributed by atoms with Crippen molar-refractivity contribution in [2.45, 2.75) is 19.9 Å². The Morgan fingerprint density at radius 3 is 2.90 bits per heavy atom. The number of aromatic nitrogens is 4. The number of aromatic amines is 1. The van der Waals surface area contributed by atoms with Gasteiger partial charge in [0.2, 0.25) is 5.88 Å². The molecule has 2 heterocycles. The van der Waals surface area contributed by atoms with E-state index in [-0.39, 0.29) is 18.6 Å². The third-order valence-corrected chi connectivity index (χ3v) is 4.18. The van der Waals surface area contributed by atoms with Crippen molar-refractivity contribution in [3.05, 3.63) is 60.9 Å². The topological polar surface area (TPSA) is 102 Å². The van der Waals surface area contributed by atoms with Crippen LogP contribution in [0, 0.1) is 0 Å². The molecule has 1 amide bonds. The highest BCUT2D eigenvalue weighted by Crippen LogP contribution is 2.26. The van der Waals surface area contributed by atoms with Crippen LogP contribution in [0.5, 0.6) is 17.4 Å². The predicted octanol–water partition coefficient (Wildman–Crippen LogP) is 3.72. The molecule has 2 aromatic heterocycles. The molecule has 0 aliphatic heterocycles. The first kappa shape index (κ1) is 19.4. The van der Waals surface area contributed by atoms with Crippen LogP contribution in [0.2, 0.25) is 0 Å². The summed E-state index contributed by atoms with van der Waals surface area (Å²) in [4.78, 5) is 20.6. The van der Waals surface area contributed by atoms with Gasteiger partial charge in [0.1, 0.15) is 11.5 Å². The van der Waals surface area contributed by atoms with Gasteiger partial charge in [-0.1, -0.05) is 12.1 Å². The Labute approximate surface area is 173 Å². The Morgan fingerprint density at radius 1 is 1.13 bits per heavy atom. The molecule has 8 heteroatoms. The molecule has 0 radical (unpaired) electrons. The van der Waals surface area contributed by atoms with Crippen molar-refractivity contribution in [1.29, 1.82) is 0 Å². The molecule has 4 aromatic rings. The maximum absolute atomic E-state index is 11.8. The van der Waals surface area contributed by atoms with Crippen molar-refractivity contribution in [3.63, 3.8) is 0 Å². The van der Waals surface area contributed by atoms with Gasteiger partial charge in [-0.25, -0.2) is 4.98 Å². The van der Waals surface area contributed by atoms with E-state index in [0.717, 1.165) is 16.5 Å². The molecule has 0 saturated carbocycles. The maximum Gasteiger partial charge on any atom is 0.258 e. The molecule has 0 aliphatic rings. The lowest BCUT2D eigenvalue weighted by Crippen LogP contribution is -2.34. The first-order chi connectivity index (χ1) is 14.6. The van der Waals surface area contributed by atoms with E-state index in [9.17, 15) is 4.79 Å². The van der Waals surface area contributed by atoms with Crippen LogP contribution < -0.4 is 14.8 Å². The van der Waals surface area contributed by atoms with Gasteiger partial charge in [0.15, 0.2) is 12.4 Å². The van der Waals surface area contributed by atoms with Crippen LogP contribution in [0.25, 0.3) is 22.3 Å². The number of rotatable bonds is 7. The van der Waals surface area contributed by atoms with Crippen LogP contribution in [0.4, 0.5) is 0 Å². The highest BCUT2D eigenvalue weighted by molar-refractivity contribution is 5.79. The largest absolute Gasteiger partial charge is 0.484 e. The van der Waals surface area contributed by atoms with E-state index in [2.05, 4.69) is 25.5 Å². The lowest BCUT2D eigenvalue weighted by atomic mass is 10.2. The molecule has 0 fully saturated rings. The first-order valence-electron chi connectivity index (χ1n) is 9.53. The van der Waals surface area contributed by atoms with E-state index in [1.165, 1.54) is 0 Å². The fourth-order valence-electron chi connectivity index (χ4n) is 2.88. The summed E-state index contributed by atoms with van der Waals surface area (Å²) in [6, 6.07) is 14.7. The van der Waals surface area contributed by atoms with Crippen molar-refractivity contribution >= 4 is 16.8 Å². The zero-order chi connectivity index (χ0) is 20.9. The van der Waals surface area contributed by atoms with Gasteiger partial charge in [0.05, 0.1) is 11.7 Å². The average molecular weight is 403 g/mol. The standard InChI is InChI=1S/C22H21N5O3/c1-14(2)25-20(28)13-29-17-5-3-4-15(10-17)22-23-9-8-21(26-22)30-18-6-7-19-16(11-18)12-24-27-19/h3-12,14H,13H2,1-2H3,(H,24,27)(H,25,28). The summed E-state index contributed by atoms with van der Waals surface area (Å²) in [7, 11) is 0. The smallest absolute Gasteiger partial charge is 0.258 e. The molecule has 0 spiro atoms. The van der Waals surface area contributed by atoms with Crippen molar-refractivity contribution < 1.29 is 14.3 Å². The molecule has 2 aromatic carbocycles. The SMILES string of the molecule is CC(C)NC(=O)COc1cccc(-c2nccc(Oc3ccc4[nH]ncc4c3)n2)c1. The number of hydrogen-bond donors (Lipinski definition) is 2. The summed E-state index contributed by atoms with van der Waals surface area (Å²) in [5, 5.41) is 10.7. The van der Waals surface area contributed by atoms with Crippen LogP contribution in [0.15, 0.2) is 60.9 Å². The van der Waals surface area contributed by atoms with Gasteiger partial charge < -0.3 is 14.8 Å². The zero-order valence-electron chi connectivity index (χ0n) is 16.6. The quantitative estimate of drug-likeness (QED) is 0.488. The third-order valence-electron chi connectivity index (χ3n) is 4.18. The summed E-state index contributed by atoms with van der Waals surface area (Å²) in [5.74, 6) is 1.96. The monoisotopic (exact) mass is 403 g/mol. The number of fused-ring (bicyclic) bond motifs is 1. The van der Waals surface area contributed by atoms with Gasteiger partial charge >= 0.3 is 0 Å².